The molecular formula is C13H17N3O4S. The van der Waals surface area contributed by atoms with Crippen LogP contribution >= 0.6 is 0 Å². The number of nitrogen functional groups attached to an aromatic ring is 1. The van der Waals surface area contributed by atoms with Gasteiger partial charge in [0.1, 0.15) is 11.4 Å². The van der Waals surface area contributed by atoms with Gasteiger partial charge in [0, 0.05) is 29.3 Å². The van der Waals surface area contributed by atoms with Crippen LogP contribution in [-0.2, 0) is 19.6 Å². The quantitative estimate of drug-likeness (QED) is 0.631. The third kappa shape index (κ3) is 2.86. The first-order valence-electron chi connectivity index (χ1n) is 6.33. The average molecular weight is 311 g/mol. The number of carbonyl (C=O) groups excluding carboxylic acids is 1. The van der Waals surface area contributed by atoms with Gasteiger partial charge in [-0.1, -0.05) is 6.92 Å². The Hall–Kier alpha value is -2.06. The summed E-state index contributed by atoms with van der Waals surface area (Å²) >= 11 is 0. The van der Waals surface area contributed by atoms with Crippen molar-refractivity contribution in [3.63, 3.8) is 0 Å². The monoisotopic (exact) mass is 311 g/mol. The number of hydrogen-bond acceptors (Lipinski definition) is 5. The minimum Gasteiger partial charge on any atom is -0.468 e. The van der Waals surface area contributed by atoms with Crippen molar-refractivity contribution in [3.8, 4) is 0 Å². The van der Waals surface area contributed by atoms with Crippen LogP contribution in [0.25, 0.3) is 10.9 Å². The second-order valence-electron chi connectivity index (χ2n) is 4.47. The van der Waals surface area contributed by atoms with Gasteiger partial charge in [-0.05, 0) is 18.2 Å². The van der Waals surface area contributed by atoms with E-state index in [-0.39, 0.29) is 18.0 Å². The molecular weight excluding hydrogens is 294 g/mol. The molecule has 0 unspecified atom stereocenters. The van der Waals surface area contributed by atoms with E-state index in [9.17, 15) is 13.2 Å². The number of esters is 1. The van der Waals surface area contributed by atoms with Crippen LogP contribution in [0, 0.1) is 0 Å². The number of nitrogens with one attached hydrogen (secondary N) is 1. The van der Waals surface area contributed by atoms with Gasteiger partial charge in [-0.25, -0.2) is 8.42 Å². The molecule has 7 nitrogen and oxygen atoms in total. The largest absolute Gasteiger partial charge is 0.468 e. The molecule has 1 heterocycles. The SMILES string of the molecule is CCN(CC(=O)OC)S(=O)(=O)c1c[nH]c2cc(N)ccc12. The average Bonchev–Trinajstić information content (AvgIpc) is 2.87. The maximum absolute atomic E-state index is 12.6. The summed E-state index contributed by atoms with van der Waals surface area (Å²) in [6.45, 7) is 1.50. The van der Waals surface area contributed by atoms with E-state index >= 15 is 0 Å². The second-order valence-corrected chi connectivity index (χ2v) is 6.37. The zero-order chi connectivity index (χ0) is 15.6. The van der Waals surface area contributed by atoms with Crippen LogP contribution in [0.3, 0.4) is 0 Å². The van der Waals surface area contributed by atoms with Crippen LogP contribution in [0.4, 0.5) is 5.69 Å². The molecule has 0 amide bonds. The van der Waals surface area contributed by atoms with Crippen LogP contribution < -0.4 is 5.73 Å². The molecule has 2 rings (SSSR count). The summed E-state index contributed by atoms with van der Waals surface area (Å²) in [5, 5.41) is 0.535. The predicted octanol–water partition coefficient (Wildman–Crippen LogP) is 0.934. The van der Waals surface area contributed by atoms with E-state index in [1.165, 1.54) is 13.3 Å². The van der Waals surface area contributed by atoms with E-state index in [0.29, 0.717) is 16.6 Å². The zero-order valence-electron chi connectivity index (χ0n) is 11.8. The van der Waals surface area contributed by atoms with Gasteiger partial charge in [-0.2, -0.15) is 4.31 Å². The molecule has 0 atom stereocenters. The maximum atomic E-state index is 12.6. The fourth-order valence-electron chi connectivity index (χ4n) is 2.04. The topological polar surface area (TPSA) is 105 Å². The van der Waals surface area contributed by atoms with Crippen LogP contribution in [-0.4, -0.2) is 43.9 Å². The fraction of sp³-hybridized carbons (Fsp3) is 0.308. The number of likely N-dealkylation sites (N-methyl/N-ethyl adjacent to an activating group) is 1. The Morgan fingerprint density at radius 1 is 1.43 bits per heavy atom. The highest BCUT2D eigenvalue weighted by Gasteiger charge is 2.28. The molecule has 0 radical (unpaired) electrons. The van der Waals surface area contributed by atoms with Crippen molar-refractivity contribution in [2.24, 2.45) is 0 Å². The third-order valence-electron chi connectivity index (χ3n) is 3.17. The number of aromatic amines is 1. The fourth-order valence-corrected chi connectivity index (χ4v) is 3.60. The van der Waals surface area contributed by atoms with E-state index < -0.39 is 16.0 Å². The lowest BCUT2D eigenvalue weighted by molar-refractivity contribution is -0.140. The number of fused-ring (bicyclic) bond motifs is 1. The van der Waals surface area contributed by atoms with Crippen molar-refractivity contribution in [2.75, 3.05) is 25.9 Å². The van der Waals surface area contributed by atoms with E-state index in [2.05, 4.69) is 9.72 Å². The molecule has 1 aromatic heterocycles. The number of H-pyrrole nitrogens is 1. The molecule has 0 saturated carbocycles. The number of anilines is 1. The first-order chi connectivity index (χ1) is 9.90. The van der Waals surface area contributed by atoms with E-state index in [1.807, 2.05) is 0 Å². The highest BCUT2D eigenvalue weighted by molar-refractivity contribution is 7.89. The van der Waals surface area contributed by atoms with E-state index in [4.69, 9.17) is 5.73 Å². The molecule has 0 aliphatic heterocycles. The van der Waals surface area contributed by atoms with Gasteiger partial charge in [0.05, 0.1) is 7.11 Å². The summed E-state index contributed by atoms with van der Waals surface area (Å²) in [5.41, 5.74) is 6.84. The van der Waals surface area contributed by atoms with Crippen molar-refractivity contribution in [1.82, 2.24) is 9.29 Å². The highest BCUT2D eigenvalue weighted by atomic mass is 32.2. The molecule has 0 spiro atoms. The molecule has 1 aromatic carbocycles. The number of methoxy groups -OCH3 is 1. The summed E-state index contributed by atoms with van der Waals surface area (Å²) in [6.07, 6.45) is 1.40. The van der Waals surface area contributed by atoms with Gasteiger partial charge in [0.2, 0.25) is 10.0 Å². The lowest BCUT2D eigenvalue weighted by Gasteiger charge is -2.18. The lowest BCUT2D eigenvalue weighted by Crippen LogP contribution is -2.35. The minimum absolute atomic E-state index is 0.114. The normalized spacial score (nSPS) is 12.0. The first kappa shape index (κ1) is 15.3. The summed E-state index contributed by atoms with van der Waals surface area (Å²) in [6, 6.07) is 4.93. The van der Waals surface area contributed by atoms with Gasteiger partial charge in [0.25, 0.3) is 0 Å². The molecule has 3 N–H and O–H groups in total. The Bertz CT molecular complexity index is 767. The molecule has 8 heteroatoms. The second kappa shape index (κ2) is 5.74. The van der Waals surface area contributed by atoms with Gasteiger partial charge < -0.3 is 15.5 Å². The standard InChI is InChI=1S/C13H17N3O4S/c1-3-16(8-13(17)20-2)21(18,19)12-7-15-11-6-9(14)4-5-10(11)12/h4-7,15H,3,8,14H2,1-2H3. The Balaban J connectivity index is 2.47. The molecule has 0 aliphatic rings. The summed E-state index contributed by atoms with van der Waals surface area (Å²) < 4.78 is 30.9. The minimum atomic E-state index is -3.79. The van der Waals surface area contributed by atoms with Crippen LogP contribution in [0.2, 0.25) is 0 Å². The van der Waals surface area contributed by atoms with Crippen LogP contribution in [0.15, 0.2) is 29.3 Å². The molecule has 0 fully saturated rings. The van der Waals surface area contributed by atoms with Crippen molar-refractivity contribution in [2.45, 2.75) is 11.8 Å². The number of carbonyl (C=O) groups is 1. The number of ether oxygens (including phenoxy) is 1. The first-order valence-corrected chi connectivity index (χ1v) is 7.77. The van der Waals surface area contributed by atoms with Crippen molar-refractivity contribution in [3.05, 3.63) is 24.4 Å². The predicted molar refractivity (Wildman–Crippen MR) is 79.2 cm³/mol. The number of rotatable bonds is 5. The van der Waals surface area contributed by atoms with Gasteiger partial charge in [-0.3, -0.25) is 4.79 Å². The Morgan fingerprint density at radius 3 is 2.76 bits per heavy atom. The highest BCUT2D eigenvalue weighted by Crippen LogP contribution is 2.26. The summed E-state index contributed by atoms with van der Waals surface area (Å²) in [7, 11) is -2.57. The summed E-state index contributed by atoms with van der Waals surface area (Å²) in [5.74, 6) is -0.607. The molecule has 2 aromatic rings. The van der Waals surface area contributed by atoms with Gasteiger partial charge in [-0.15, -0.1) is 0 Å². The Kier molecular flexibility index (Phi) is 4.19. The van der Waals surface area contributed by atoms with Crippen molar-refractivity contribution < 1.29 is 17.9 Å². The molecule has 114 valence electrons. The number of sulfonamides is 1. The maximum Gasteiger partial charge on any atom is 0.321 e. The number of hydrogen-bond donors (Lipinski definition) is 2. The van der Waals surface area contributed by atoms with E-state index in [1.54, 1.807) is 25.1 Å². The Labute approximate surface area is 122 Å². The van der Waals surface area contributed by atoms with Gasteiger partial charge in [0.15, 0.2) is 0 Å². The van der Waals surface area contributed by atoms with Crippen LogP contribution in [0.1, 0.15) is 6.92 Å². The molecule has 0 aliphatic carbocycles. The summed E-state index contributed by atoms with van der Waals surface area (Å²) in [4.78, 5) is 14.3. The number of benzene rings is 1. The lowest BCUT2D eigenvalue weighted by atomic mass is 10.2. The molecule has 0 bridgehead atoms. The Morgan fingerprint density at radius 2 is 2.14 bits per heavy atom. The van der Waals surface area contributed by atoms with Crippen molar-refractivity contribution >= 4 is 32.6 Å². The number of nitrogens with zero attached hydrogens (tertiary/aromatic N) is 1. The molecule has 0 saturated heterocycles. The number of nitrogens with two attached hydrogens (primary N) is 1. The third-order valence-corrected chi connectivity index (χ3v) is 5.13. The van der Waals surface area contributed by atoms with Gasteiger partial charge >= 0.3 is 5.97 Å². The van der Waals surface area contributed by atoms with Crippen LogP contribution in [0.5, 0.6) is 0 Å². The van der Waals surface area contributed by atoms with E-state index in [0.717, 1.165) is 4.31 Å². The zero-order valence-corrected chi connectivity index (χ0v) is 12.6. The smallest absolute Gasteiger partial charge is 0.321 e. The van der Waals surface area contributed by atoms with Crippen molar-refractivity contribution in [1.29, 1.82) is 0 Å². The molecule has 21 heavy (non-hydrogen) atoms. The number of aromatic nitrogens is 1.